The lowest BCUT2D eigenvalue weighted by Gasteiger charge is -2.44. The van der Waals surface area contributed by atoms with E-state index >= 15 is 0 Å². The number of ether oxygens (including phenoxy) is 2. The number of carboxylic acid groups (broad SMARTS) is 1. The van der Waals surface area contributed by atoms with Crippen LogP contribution in [0.5, 0.6) is 0 Å². The summed E-state index contributed by atoms with van der Waals surface area (Å²) in [6, 6.07) is -2.05. The molecule has 2 aliphatic rings. The standard InChI is InChI=1S/C16H26N4O7/c1-7-9(5-12(16(22)23)17-8(2)21)13-11(6-10(7)20-27-24)18-14(25-3)15(19-13)26-4/h7,9-13,20,24H,5-6H2,1-4H3,(H,17,21)(H,22,23). The van der Waals surface area contributed by atoms with Gasteiger partial charge >= 0.3 is 5.97 Å². The van der Waals surface area contributed by atoms with Gasteiger partial charge in [0.05, 0.1) is 26.3 Å². The molecule has 11 nitrogen and oxygen atoms in total. The van der Waals surface area contributed by atoms with E-state index in [2.05, 4.69) is 25.8 Å². The van der Waals surface area contributed by atoms with Crippen LogP contribution in [0, 0.1) is 11.8 Å². The molecule has 27 heavy (non-hydrogen) atoms. The van der Waals surface area contributed by atoms with E-state index in [0.717, 1.165) is 0 Å². The number of rotatable bonds is 6. The molecule has 0 saturated heterocycles. The van der Waals surface area contributed by atoms with Crippen molar-refractivity contribution in [3.8, 4) is 0 Å². The maximum atomic E-state index is 11.6. The first-order chi connectivity index (χ1) is 12.8. The number of hydroxylamine groups is 1. The number of aliphatic carboxylic acids is 1. The normalized spacial score (nSPS) is 31.1. The SMILES string of the molecule is COC1=NC2CC(NOO)C(C)C(CC(NC(C)=O)C(=O)O)C2N=C1OC. The average Bonchev–Trinajstić information content (AvgIpc) is 2.62. The summed E-state index contributed by atoms with van der Waals surface area (Å²) in [6.45, 7) is 3.17. The summed E-state index contributed by atoms with van der Waals surface area (Å²) in [5.74, 6) is -1.47. The van der Waals surface area contributed by atoms with Gasteiger partial charge in [0.15, 0.2) is 0 Å². The van der Waals surface area contributed by atoms with Gasteiger partial charge in [-0.3, -0.25) is 4.79 Å². The van der Waals surface area contributed by atoms with Gasteiger partial charge in [0, 0.05) is 13.0 Å². The van der Waals surface area contributed by atoms with E-state index in [1.807, 2.05) is 6.92 Å². The van der Waals surface area contributed by atoms with Crippen LogP contribution in [0.25, 0.3) is 0 Å². The second-order valence-electron chi connectivity index (χ2n) is 6.74. The first-order valence-corrected chi connectivity index (χ1v) is 8.62. The number of nitrogens with zero attached hydrogens (tertiary/aromatic N) is 2. The summed E-state index contributed by atoms with van der Waals surface area (Å²) in [4.78, 5) is 36.2. The van der Waals surface area contributed by atoms with Gasteiger partial charge in [-0.15, -0.1) is 4.99 Å². The van der Waals surface area contributed by atoms with Gasteiger partial charge < -0.3 is 19.9 Å². The van der Waals surface area contributed by atoms with Crippen LogP contribution in [0.1, 0.15) is 26.7 Å². The minimum absolute atomic E-state index is 0.129. The van der Waals surface area contributed by atoms with E-state index in [1.54, 1.807) is 0 Å². The van der Waals surface area contributed by atoms with Gasteiger partial charge in [-0.1, -0.05) is 6.92 Å². The molecule has 152 valence electrons. The number of hydrogen-bond donors (Lipinski definition) is 4. The number of methoxy groups -OCH3 is 2. The minimum atomic E-state index is -1.13. The van der Waals surface area contributed by atoms with E-state index in [0.29, 0.717) is 6.42 Å². The van der Waals surface area contributed by atoms with E-state index in [4.69, 9.17) is 14.7 Å². The fourth-order valence-corrected chi connectivity index (χ4v) is 3.81. The topological polar surface area (TPSA) is 151 Å². The molecule has 1 saturated carbocycles. The van der Waals surface area contributed by atoms with Crippen molar-refractivity contribution in [2.75, 3.05) is 14.2 Å². The minimum Gasteiger partial charge on any atom is -0.480 e. The smallest absolute Gasteiger partial charge is 0.326 e. The van der Waals surface area contributed by atoms with Crippen LogP contribution in [0.3, 0.4) is 0 Å². The second kappa shape index (κ2) is 9.11. The molecule has 0 aromatic carbocycles. The Morgan fingerprint density at radius 3 is 2.41 bits per heavy atom. The van der Waals surface area contributed by atoms with Crippen molar-refractivity contribution in [3.63, 3.8) is 0 Å². The van der Waals surface area contributed by atoms with Crippen molar-refractivity contribution in [2.45, 2.75) is 50.9 Å². The molecule has 4 N–H and O–H groups in total. The maximum Gasteiger partial charge on any atom is 0.326 e. The fraction of sp³-hybridized carbons (Fsp3) is 0.750. The fourth-order valence-electron chi connectivity index (χ4n) is 3.81. The van der Waals surface area contributed by atoms with E-state index in [-0.39, 0.29) is 48.2 Å². The molecule has 1 heterocycles. The number of carbonyl (C=O) groups is 2. The van der Waals surface area contributed by atoms with Crippen molar-refractivity contribution in [1.29, 1.82) is 0 Å². The summed E-state index contributed by atoms with van der Waals surface area (Å²) in [5, 5.41) is 20.8. The van der Waals surface area contributed by atoms with Crippen molar-refractivity contribution < 1.29 is 34.4 Å². The zero-order valence-corrected chi connectivity index (χ0v) is 15.7. The summed E-state index contributed by atoms with van der Waals surface area (Å²) >= 11 is 0. The van der Waals surface area contributed by atoms with E-state index in [1.165, 1.54) is 21.1 Å². The first kappa shape index (κ1) is 21.1. The number of carbonyl (C=O) groups excluding carboxylic acids is 1. The lowest BCUT2D eigenvalue weighted by molar-refractivity contribution is -0.304. The van der Waals surface area contributed by atoms with Gasteiger partial charge in [-0.2, -0.15) is 5.48 Å². The Bertz CT molecular complexity index is 624. The van der Waals surface area contributed by atoms with Crippen LogP contribution in [-0.2, 0) is 24.1 Å². The molecule has 11 heteroatoms. The Labute approximate surface area is 156 Å². The van der Waals surface area contributed by atoms with Gasteiger partial charge in [0.1, 0.15) is 6.04 Å². The van der Waals surface area contributed by atoms with Crippen molar-refractivity contribution in [1.82, 2.24) is 10.8 Å². The number of hydrogen-bond acceptors (Lipinski definition) is 9. The molecule has 0 bridgehead atoms. The van der Waals surface area contributed by atoms with Crippen LogP contribution in [0.15, 0.2) is 9.98 Å². The molecule has 6 unspecified atom stereocenters. The van der Waals surface area contributed by atoms with Crippen molar-refractivity contribution in [3.05, 3.63) is 0 Å². The molecule has 0 aromatic rings. The number of nitrogens with one attached hydrogen (secondary N) is 2. The third-order valence-electron chi connectivity index (χ3n) is 5.14. The Morgan fingerprint density at radius 1 is 1.26 bits per heavy atom. The Kier molecular flexibility index (Phi) is 7.11. The third-order valence-corrected chi connectivity index (χ3v) is 5.14. The van der Waals surface area contributed by atoms with Crippen LogP contribution in [0.2, 0.25) is 0 Å². The lowest BCUT2D eigenvalue weighted by Crippen LogP contribution is -2.56. The van der Waals surface area contributed by atoms with Gasteiger partial charge in [0.2, 0.25) is 5.91 Å². The molecule has 0 aromatic heterocycles. The predicted molar refractivity (Wildman–Crippen MR) is 94.2 cm³/mol. The monoisotopic (exact) mass is 386 g/mol. The zero-order chi connectivity index (χ0) is 20.1. The van der Waals surface area contributed by atoms with Crippen LogP contribution < -0.4 is 10.8 Å². The van der Waals surface area contributed by atoms with Crippen LogP contribution in [-0.4, -0.2) is 72.4 Å². The number of amides is 1. The summed E-state index contributed by atoms with van der Waals surface area (Å²) in [5.41, 5.74) is 2.53. The summed E-state index contributed by atoms with van der Waals surface area (Å²) in [7, 11) is 2.91. The number of fused-ring (bicyclic) bond motifs is 1. The Morgan fingerprint density at radius 2 is 1.89 bits per heavy atom. The number of carboxylic acids is 1. The highest BCUT2D eigenvalue weighted by molar-refractivity contribution is 6.35. The molecule has 1 fully saturated rings. The molecule has 1 amide bonds. The number of aliphatic imine (C=N–C) groups is 2. The highest BCUT2D eigenvalue weighted by Gasteiger charge is 2.47. The van der Waals surface area contributed by atoms with Crippen LogP contribution >= 0.6 is 0 Å². The highest BCUT2D eigenvalue weighted by atomic mass is 17.2. The first-order valence-electron chi connectivity index (χ1n) is 8.62. The molecule has 0 radical (unpaired) electrons. The molecule has 1 aliphatic heterocycles. The highest BCUT2D eigenvalue weighted by Crippen LogP contribution is 2.38. The largest absolute Gasteiger partial charge is 0.480 e. The molecule has 2 rings (SSSR count). The Balaban J connectivity index is 2.35. The zero-order valence-electron chi connectivity index (χ0n) is 15.7. The van der Waals surface area contributed by atoms with Gasteiger partial charge in [-0.05, 0) is 24.7 Å². The van der Waals surface area contributed by atoms with Crippen molar-refractivity contribution >= 4 is 23.7 Å². The molecule has 6 atom stereocenters. The van der Waals surface area contributed by atoms with Gasteiger partial charge in [-0.25, -0.2) is 20.0 Å². The summed E-state index contributed by atoms with van der Waals surface area (Å²) in [6.07, 6.45) is 0.632. The van der Waals surface area contributed by atoms with E-state index in [9.17, 15) is 14.7 Å². The average molecular weight is 386 g/mol. The van der Waals surface area contributed by atoms with Crippen molar-refractivity contribution in [2.24, 2.45) is 21.8 Å². The van der Waals surface area contributed by atoms with Gasteiger partial charge in [0.25, 0.3) is 11.8 Å². The maximum absolute atomic E-state index is 11.6. The molecular weight excluding hydrogens is 360 g/mol. The lowest BCUT2D eigenvalue weighted by atomic mass is 9.69. The molecule has 0 spiro atoms. The van der Waals surface area contributed by atoms with Crippen LogP contribution in [0.4, 0.5) is 0 Å². The predicted octanol–water partition coefficient (Wildman–Crippen LogP) is -0.175. The molecule has 1 aliphatic carbocycles. The Hall–Kier alpha value is -2.24. The third kappa shape index (κ3) is 4.73. The quantitative estimate of drug-likeness (QED) is 0.363. The summed E-state index contributed by atoms with van der Waals surface area (Å²) < 4.78 is 10.5. The second-order valence-corrected chi connectivity index (χ2v) is 6.74. The molecular formula is C16H26N4O7. The van der Waals surface area contributed by atoms with E-state index < -0.39 is 17.9 Å².